The van der Waals surface area contributed by atoms with Crippen molar-refractivity contribution >= 4 is 46.1 Å². The zero-order valence-electron chi connectivity index (χ0n) is 18.2. The molecule has 0 spiro atoms. The van der Waals surface area contributed by atoms with Crippen LogP contribution < -0.4 is 10.6 Å². The van der Waals surface area contributed by atoms with E-state index in [0.29, 0.717) is 34.7 Å². The first kappa shape index (κ1) is 22.6. The molecule has 1 atom stereocenters. The van der Waals surface area contributed by atoms with Gasteiger partial charge in [-0.2, -0.15) is 0 Å². The van der Waals surface area contributed by atoms with E-state index < -0.39 is 17.1 Å². The Morgan fingerprint density at radius 2 is 1.88 bits per heavy atom. The summed E-state index contributed by atoms with van der Waals surface area (Å²) in [5, 5.41) is 7.43. The van der Waals surface area contributed by atoms with Crippen LogP contribution in [0.3, 0.4) is 0 Å². The molecule has 1 aromatic heterocycles. The highest BCUT2D eigenvalue weighted by Gasteiger charge is 2.37. The summed E-state index contributed by atoms with van der Waals surface area (Å²) in [6, 6.07) is 7.56. The maximum Gasteiger partial charge on any atom is 0.411 e. The summed E-state index contributed by atoms with van der Waals surface area (Å²) in [4.78, 5) is 43.3. The molecule has 10 heteroatoms. The fourth-order valence-corrected chi connectivity index (χ4v) is 4.94. The number of thiazole rings is 1. The molecular formula is C22H26N4O4S2. The van der Waals surface area contributed by atoms with Gasteiger partial charge in [0.2, 0.25) is 0 Å². The van der Waals surface area contributed by atoms with E-state index in [0.717, 1.165) is 18.4 Å². The van der Waals surface area contributed by atoms with Crippen LogP contribution in [0.2, 0.25) is 0 Å². The number of carbonyl (C=O) groups is 3. The molecule has 1 aliphatic heterocycles. The number of carbonyl (C=O) groups excluding carboxylic acids is 3. The molecule has 0 unspecified atom stereocenters. The lowest BCUT2D eigenvalue weighted by Gasteiger charge is -2.27. The lowest BCUT2D eigenvalue weighted by Crippen LogP contribution is -2.44. The van der Waals surface area contributed by atoms with Gasteiger partial charge in [-0.1, -0.05) is 12.1 Å². The van der Waals surface area contributed by atoms with E-state index in [1.807, 2.05) is 17.5 Å². The zero-order chi connectivity index (χ0) is 22.9. The third kappa shape index (κ3) is 5.60. The number of amides is 3. The summed E-state index contributed by atoms with van der Waals surface area (Å²) < 4.78 is 5.42. The minimum atomic E-state index is -0.651. The Labute approximate surface area is 195 Å². The summed E-state index contributed by atoms with van der Waals surface area (Å²) in [6.45, 7) is 5.85. The molecule has 32 heavy (non-hydrogen) atoms. The van der Waals surface area contributed by atoms with Crippen LogP contribution in [0.5, 0.6) is 0 Å². The maximum absolute atomic E-state index is 12.8. The Bertz CT molecular complexity index is 1010. The minimum absolute atomic E-state index is 0.0612. The summed E-state index contributed by atoms with van der Waals surface area (Å²) >= 11 is 2.71. The van der Waals surface area contributed by atoms with E-state index in [1.165, 1.54) is 28.0 Å². The Hall–Kier alpha value is -2.59. The van der Waals surface area contributed by atoms with Gasteiger partial charge in [0, 0.05) is 34.8 Å². The quantitative estimate of drug-likeness (QED) is 0.681. The van der Waals surface area contributed by atoms with Crippen LogP contribution >= 0.6 is 23.1 Å². The molecule has 0 bridgehead atoms. The molecule has 170 valence electrons. The Balaban J connectivity index is 1.37. The van der Waals surface area contributed by atoms with Crippen molar-refractivity contribution in [3.05, 3.63) is 35.2 Å². The van der Waals surface area contributed by atoms with Gasteiger partial charge in [-0.25, -0.2) is 9.78 Å². The lowest BCUT2D eigenvalue weighted by atomic mass is 10.1. The van der Waals surface area contributed by atoms with Crippen LogP contribution in [0.25, 0.3) is 11.3 Å². The number of aromatic nitrogens is 1. The standard InChI is InChI=1S/C22H26N4O4S2/c1-22(2,3)30-21(29)26-10-11-31-19(26)18(28)25-20-24-16(12-32-20)13-4-6-14(7-5-13)17(27)23-15-8-9-15/h4-7,12,15,19H,8-11H2,1-3H3,(H,23,27)(H,24,25,28)/t19-/m1/s1. The van der Waals surface area contributed by atoms with Crippen molar-refractivity contribution in [2.24, 2.45) is 0 Å². The van der Waals surface area contributed by atoms with E-state index in [9.17, 15) is 14.4 Å². The number of hydrogen-bond donors (Lipinski definition) is 2. The highest BCUT2D eigenvalue weighted by molar-refractivity contribution is 8.00. The van der Waals surface area contributed by atoms with Crippen LogP contribution in [0.15, 0.2) is 29.6 Å². The molecule has 2 aliphatic rings. The summed E-state index contributed by atoms with van der Waals surface area (Å²) in [7, 11) is 0. The second kappa shape index (κ2) is 9.11. The van der Waals surface area contributed by atoms with Crippen LogP contribution in [0.1, 0.15) is 44.0 Å². The van der Waals surface area contributed by atoms with Gasteiger partial charge in [0.15, 0.2) is 10.5 Å². The normalized spacial score (nSPS) is 18.3. The number of hydrogen-bond acceptors (Lipinski definition) is 7. The number of thioether (sulfide) groups is 1. The van der Waals surface area contributed by atoms with Crippen molar-refractivity contribution in [3.8, 4) is 11.3 Å². The van der Waals surface area contributed by atoms with Crippen molar-refractivity contribution in [1.29, 1.82) is 0 Å². The third-order valence-corrected chi connectivity index (χ3v) is 6.79. The number of nitrogens with one attached hydrogen (secondary N) is 2. The highest BCUT2D eigenvalue weighted by Crippen LogP contribution is 2.29. The number of nitrogens with zero attached hydrogens (tertiary/aromatic N) is 2. The maximum atomic E-state index is 12.8. The van der Waals surface area contributed by atoms with Crippen molar-refractivity contribution in [3.63, 3.8) is 0 Å². The number of ether oxygens (including phenoxy) is 1. The first-order valence-corrected chi connectivity index (χ1v) is 12.4. The smallest absolute Gasteiger partial charge is 0.411 e. The molecule has 1 saturated carbocycles. The van der Waals surface area contributed by atoms with E-state index >= 15 is 0 Å². The van der Waals surface area contributed by atoms with Gasteiger partial charge in [0.1, 0.15) is 5.60 Å². The van der Waals surface area contributed by atoms with Gasteiger partial charge in [0.25, 0.3) is 11.8 Å². The molecule has 4 rings (SSSR count). The molecule has 2 fully saturated rings. The molecule has 2 N–H and O–H groups in total. The molecule has 1 aliphatic carbocycles. The molecule has 1 saturated heterocycles. The topological polar surface area (TPSA) is 101 Å². The predicted molar refractivity (Wildman–Crippen MR) is 126 cm³/mol. The van der Waals surface area contributed by atoms with Crippen molar-refractivity contribution in [1.82, 2.24) is 15.2 Å². The van der Waals surface area contributed by atoms with E-state index in [2.05, 4.69) is 15.6 Å². The van der Waals surface area contributed by atoms with Crippen LogP contribution in [0.4, 0.5) is 9.93 Å². The van der Waals surface area contributed by atoms with E-state index in [-0.39, 0.29) is 11.8 Å². The van der Waals surface area contributed by atoms with Gasteiger partial charge >= 0.3 is 6.09 Å². The third-order valence-electron chi connectivity index (χ3n) is 4.83. The van der Waals surface area contributed by atoms with E-state index in [1.54, 1.807) is 32.9 Å². The van der Waals surface area contributed by atoms with Crippen LogP contribution in [0, 0.1) is 0 Å². The monoisotopic (exact) mass is 474 g/mol. The molecule has 8 nitrogen and oxygen atoms in total. The zero-order valence-corrected chi connectivity index (χ0v) is 19.8. The van der Waals surface area contributed by atoms with E-state index in [4.69, 9.17) is 4.74 Å². The number of rotatable bonds is 5. The fraction of sp³-hybridized carbons (Fsp3) is 0.455. The largest absolute Gasteiger partial charge is 0.444 e. The Kier molecular flexibility index (Phi) is 6.43. The number of anilines is 1. The first-order valence-electron chi connectivity index (χ1n) is 10.5. The molecule has 1 aromatic carbocycles. The van der Waals surface area contributed by atoms with Gasteiger partial charge in [-0.3, -0.25) is 19.8 Å². The SMILES string of the molecule is CC(C)(C)OC(=O)N1CCS[C@@H]1C(=O)Nc1nc(-c2ccc(C(=O)NC3CC3)cc2)cs1. The van der Waals surface area contributed by atoms with Crippen molar-refractivity contribution in [2.45, 2.75) is 50.6 Å². The highest BCUT2D eigenvalue weighted by atomic mass is 32.2. The van der Waals surface area contributed by atoms with Gasteiger partial charge in [-0.15, -0.1) is 23.1 Å². The van der Waals surface area contributed by atoms with Crippen molar-refractivity contribution < 1.29 is 19.1 Å². The molecule has 2 heterocycles. The van der Waals surface area contributed by atoms with Crippen LogP contribution in [-0.2, 0) is 9.53 Å². The van der Waals surface area contributed by atoms with Gasteiger partial charge in [0.05, 0.1) is 5.69 Å². The van der Waals surface area contributed by atoms with Crippen molar-refractivity contribution in [2.75, 3.05) is 17.6 Å². The summed E-state index contributed by atoms with van der Waals surface area (Å²) in [6.07, 6.45) is 1.60. The minimum Gasteiger partial charge on any atom is -0.444 e. The molecular weight excluding hydrogens is 448 g/mol. The first-order chi connectivity index (χ1) is 15.2. The lowest BCUT2D eigenvalue weighted by molar-refractivity contribution is -0.118. The Morgan fingerprint density at radius 1 is 1.16 bits per heavy atom. The number of benzene rings is 1. The average Bonchev–Trinajstić information content (AvgIpc) is 3.22. The van der Waals surface area contributed by atoms with Gasteiger partial charge < -0.3 is 10.1 Å². The molecule has 0 radical (unpaired) electrons. The van der Waals surface area contributed by atoms with Gasteiger partial charge in [-0.05, 0) is 45.7 Å². The predicted octanol–water partition coefficient (Wildman–Crippen LogP) is 3.95. The molecule has 2 aromatic rings. The molecule has 3 amide bonds. The summed E-state index contributed by atoms with van der Waals surface area (Å²) in [5.41, 5.74) is 1.56. The second-order valence-corrected chi connectivity index (χ2v) is 10.8. The average molecular weight is 475 g/mol. The Morgan fingerprint density at radius 3 is 2.53 bits per heavy atom. The second-order valence-electron chi connectivity index (χ2n) is 8.75. The fourth-order valence-electron chi connectivity index (χ4n) is 3.11. The van der Waals surface area contributed by atoms with Crippen LogP contribution in [-0.4, -0.2) is 57.1 Å². The summed E-state index contributed by atoms with van der Waals surface area (Å²) in [5.74, 6) is 0.307.